The SMILES string of the molecule is C=CC(=O)N1C[C@H](C)N(c2nc(Nc3cnn(C)c3)nc3c(F)c(-c4c(C)ccc5onc(N)c45)c(Cl)cc23)CC1=C. The molecule has 0 aliphatic carbocycles. The van der Waals surface area contributed by atoms with E-state index in [9.17, 15) is 4.79 Å². The molecule has 5 aromatic rings. The van der Waals surface area contributed by atoms with Crippen LogP contribution in [0.5, 0.6) is 0 Å². The van der Waals surface area contributed by atoms with Crippen molar-refractivity contribution in [1.29, 1.82) is 0 Å². The van der Waals surface area contributed by atoms with Crippen LogP contribution in [0.15, 0.2) is 60.0 Å². The van der Waals surface area contributed by atoms with Gasteiger partial charge in [0.15, 0.2) is 17.2 Å². The monoisotopic (exact) mass is 587 g/mol. The van der Waals surface area contributed by atoms with E-state index in [2.05, 4.69) is 33.7 Å². The van der Waals surface area contributed by atoms with Crippen molar-refractivity contribution in [2.45, 2.75) is 19.9 Å². The molecule has 3 aromatic heterocycles. The standard InChI is InChI=1S/C29H27ClFN9O2/c1-6-21(41)39-11-16(4)40(12-15(39)3)28-18-9-19(30)23(22-14(2)7-8-20-24(22)27(32)37-42-20)25(31)26(18)35-29(36-28)34-17-10-33-38(5)13-17/h6-10,13,16H,1,3,11-12H2,2,4-5H3,(H2,32,37)(H,34,35,36)/t16-/m0/s1. The number of nitrogens with one attached hydrogen (secondary N) is 1. The van der Waals surface area contributed by atoms with Crippen molar-refractivity contribution in [2.24, 2.45) is 7.05 Å². The maximum absolute atomic E-state index is 16.8. The first-order valence-corrected chi connectivity index (χ1v) is 13.4. The van der Waals surface area contributed by atoms with Gasteiger partial charge in [-0.05, 0) is 37.6 Å². The summed E-state index contributed by atoms with van der Waals surface area (Å²) in [5.41, 5.74) is 9.08. The number of hydrogen-bond acceptors (Lipinski definition) is 9. The maximum Gasteiger partial charge on any atom is 0.250 e. The fourth-order valence-corrected chi connectivity index (χ4v) is 5.64. The van der Waals surface area contributed by atoms with Gasteiger partial charge in [-0.15, -0.1) is 0 Å². The Balaban J connectivity index is 1.58. The van der Waals surface area contributed by atoms with E-state index in [1.165, 1.54) is 6.08 Å². The minimum Gasteiger partial charge on any atom is -0.380 e. The molecule has 1 fully saturated rings. The highest BCUT2D eigenvalue weighted by Crippen LogP contribution is 2.44. The summed E-state index contributed by atoms with van der Waals surface area (Å²) in [4.78, 5) is 25.3. The van der Waals surface area contributed by atoms with E-state index >= 15 is 4.39 Å². The van der Waals surface area contributed by atoms with Gasteiger partial charge in [-0.3, -0.25) is 9.48 Å². The zero-order chi connectivity index (χ0) is 29.9. The summed E-state index contributed by atoms with van der Waals surface area (Å²) in [6, 6.07) is 4.96. The molecule has 11 nitrogen and oxygen atoms in total. The van der Waals surface area contributed by atoms with E-state index in [0.717, 1.165) is 5.56 Å². The average Bonchev–Trinajstić information content (AvgIpc) is 3.55. The van der Waals surface area contributed by atoms with E-state index in [1.54, 1.807) is 47.2 Å². The number of carbonyl (C=O) groups is 1. The molecule has 1 atom stereocenters. The third kappa shape index (κ3) is 4.40. The number of anilines is 4. The van der Waals surface area contributed by atoms with Crippen LogP contribution in [-0.2, 0) is 11.8 Å². The fraction of sp³-hybridized carbons (Fsp3) is 0.207. The van der Waals surface area contributed by atoms with Crippen LogP contribution in [0.4, 0.5) is 27.7 Å². The second-order valence-electron chi connectivity index (χ2n) is 10.2. The van der Waals surface area contributed by atoms with Crippen LogP contribution >= 0.6 is 11.6 Å². The van der Waals surface area contributed by atoms with Crippen molar-refractivity contribution in [3.05, 3.63) is 71.9 Å². The molecule has 4 heterocycles. The van der Waals surface area contributed by atoms with Crippen LogP contribution in [0, 0.1) is 12.7 Å². The second-order valence-corrected chi connectivity index (χ2v) is 10.6. The normalized spacial score (nSPS) is 15.5. The Hall–Kier alpha value is -4.97. The highest BCUT2D eigenvalue weighted by molar-refractivity contribution is 6.35. The Morgan fingerprint density at radius 1 is 1.31 bits per heavy atom. The van der Waals surface area contributed by atoms with Gasteiger partial charge in [0, 0.05) is 48.0 Å². The number of nitrogens with zero attached hydrogens (tertiary/aromatic N) is 7. The van der Waals surface area contributed by atoms with Gasteiger partial charge in [0.25, 0.3) is 0 Å². The van der Waals surface area contributed by atoms with Crippen molar-refractivity contribution < 1.29 is 13.7 Å². The third-order valence-electron chi connectivity index (χ3n) is 7.37. The molecule has 214 valence electrons. The number of aryl methyl sites for hydroxylation is 2. The quantitative estimate of drug-likeness (QED) is 0.262. The Labute approximate surface area is 245 Å². The Morgan fingerprint density at radius 3 is 2.81 bits per heavy atom. The van der Waals surface area contributed by atoms with Gasteiger partial charge in [-0.1, -0.05) is 36.0 Å². The van der Waals surface area contributed by atoms with Gasteiger partial charge < -0.3 is 25.4 Å². The zero-order valence-corrected chi connectivity index (χ0v) is 23.9. The lowest BCUT2D eigenvalue weighted by Crippen LogP contribution is -2.52. The number of hydrogen-bond donors (Lipinski definition) is 2. The van der Waals surface area contributed by atoms with Crippen LogP contribution < -0.4 is 16.0 Å². The highest BCUT2D eigenvalue weighted by atomic mass is 35.5. The average molecular weight is 588 g/mol. The van der Waals surface area contributed by atoms with Crippen LogP contribution in [0.25, 0.3) is 33.0 Å². The first-order chi connectivity index (χ1) is 20.1. The molecule has 6 rings (SSSR count). The number of nitrogen functional groups attached to an aromatic ring is 1. The molecular formula is C29H27ClFN9O2. The molecule has 0 saturated carbocycles. The maximum atomic E-state index is 16.8. The first kappa shape index (κ1) is 27.2. The number of benzene rings is 2. The Morgan fingerprint density at radius 2 is 2.10 bits per heavy atom. The van der Waals surface area contributed by atoms with Gasteiger partial charge in [-0.2, -0.15) is 10.1 Å². The van der Waals surface area contributed by atoms with E-state index < -0.39 is 5.82 Å². The Kier molecular flexibility index (Phi) is 6.57. The molecule has 42 heavy (non-hydrogen) atoms. The largest absolute Gasteiger partial charge is 0.380 e. The van der Waals surface area contributed by atoms with Crippen molar-refractivity contribution in [2.75, 3.05) is 29.0 Å². The molecular weight excluding hydrogens is 561 g/mol. The lowest BCUT2D eigenvalue weighted by molar-refractivity contribution is -0.124. The molecule has 1 aliphatic rings. The minimum atomic E-state index is -0.654. The predicted molar refractivity (Wildman–Crippen MR) is 161 cm³/mol. The number of aromatic nitrogens is 5. The molecule has 0 unspecified atom stereocenters. The third-order valence-corrected chi connectivity index (χ3v) is 7.67. The second kappa shape index (κ2) is 10.1. The number of nitrogens with two attached hydrogens (primary N) is 1. The number of halogens is 2. The molecule has 13 heteroatoms. The van der Waals surface area contributed by atoms with Crippen molar-refractivity contribution in [1.82, 2.24) is 29.8 Å². The van der Waals surface area contributed by atoms with Crippen molar-refractivity contribution >= 4 is 62.7 Å². The summed E-state index contributed by atoms with van der Waals surface area (Å²) in [5, 5.41) is 12.2. The zero-order valence-electron chi connectivity index (χ0n) is 23.2. The lowest BCUT2D eigenvalue weighted by Gasteiger charge is -2.41. The Bertz CT molecular complexity index is 1930. The summed E-state index contributed by atoms with van der Waals surface area (Å²) in [7, 11) is 1.78. The highest BCUT2D eigenvalue weighted by Gasteiger charge is 2.32. The van der Waals surface area contributed by atoms with Crippen LogP contribution in [-0.4, -0.2) is 54.8 Å². The number of rotatable bonds is 5. The summed E-state index contributed by atoms with van der Waals surface area (Å²) in [5.74, 6) is -0.189. The van der Waals surface area contributed by atoms with Gasteiger partial charge in [0.05, 0.1) is 28.8 Å². The molecule has 0 bridgehead atoms. The summed E-state index contributed by atoms with van der Waals surface area (Å²) in [6.45, 7) is 12.1. The van der Waals surface area contributed by atoms with Gasteiger partial charge in [0.2, 0.25) is 11.9 Å². The van der Waals surface area contributed by atoms with Gasteiger partial charge in [0.1, 0.15) is 11.3 Å². The predicted octanol–water partition coefficient (Wildman–Crippen LogP) is 5.34. The van der Waals surface area contributed by atoms with E-state index in [-0.39, 0.29) is 46.4 Å². The number of fused-ring (bicyclic) bond motifs is 2. The molecule has 0 spiro atoms. The fourth-order valence-electron chi connectivity index (χ4n) is 5.35. The van der Waals surface area contributed by atoms with Crippen molar-refractivity contribution in [3.63, 3.8) is 0 Å². The molecule has 1 amide bonds. The van der Waals surface area contributed by atoms with Crippen molar-refractivity contribution in [3.8, 4) is 11.1 Å². The molecule has 1 aliphatic heterocycles. The van der Waals surface area contributed by atoms with Gasteiger partial charge in [-0.25, -0.2) is 9.37 Å². The summed E-state index contributed by atoms with van der Waals surface area (Å²) >= 11 is 6.85. The minimum absolute atomic E-state index is 0.0413. The molecule has 0 radical (unpaired) electrons. The van der Waals surface area contributed by atoms with E-state index in [4.69, 9.17) is 26.8 Å². The van der Waals surface area contributed by atoms with Gasteiger partial charge >= 0.3 is 0 Å². The lowest BCUT2D eigenvalue weighted by atomic mass is 9.95. The topological polar surface area (TPSA) is 131 Å². The number of carbonyl (C=O) groups excluding carboxylic acids is 1. The smallest absolute Gasteiger partial charge is 0.250 e. The van der Waals surface area contributed by atoms with E-state index in [0.29, 0.717) is 45.7 Å². The summed E-state index contributed by atoms with van der Waals surface area (Å²) in [6.07, 6.45) is 4.62. The van der Waals surface area contributed by atoms with Crippen LogP contribution in [0.1, 0.15) is 12.5 Å². The molecule has 1 saturated heterocycles. The van der Waals surface area contributed by atoms with Crippen LogP contribution in [0.3, 0.4) is 0 Å². The number of piperazine rings is 1. The van der Waals surface area contributed by atoms with Crippen LogP contribution in [0.2, 0.25) is 5.02 Å². The van der Waals surface area contributed by atoms with E-state index in [1.807, 2.05) is 18.7 Å². The first-order valence-electron chi connectivity index (χ1n) is 13.1. The number of amides is 1. The summed E-state index contributed by atoms with van der Waals surface area (Å²) < 4.78 is 23.8. The molecule has 2 aromatic carbocycles. The molecule has 3 N–H and O–H groups in total.